The molecule has 68 valence electrons. The van der Waals surface area contributed by atoms with Crippen molar-refractivity contribution in [2.24, 2.45) is 0 Å². The summed E-state index contributed by atoms with van der Waals surface area (Å²) in [5, 5.41) is 21.7. The Kier molecular flexibility index (Phi) is 2.49. The third-order valence-electron chi connectivity index (χ3n) is 1.63. The molecule has 12 heavy (non-hydrogen) atoms. The van der Waals surface area contributed by atoms with E-state index in [9.17, 15) is 9.59 Å². The van der Waals surface area contributed by atoms with Crippen LogP contribution in [0.5, 0.6) is 0 Å². The summed E-state index contributed by atoms with van der Waals surface area (Å²) in [5.41, 5.74) is 0. The smallest absolute Gasteiger partial charge is 0.405 e. The van der Waals surface area contributed by atoms with E-state index in [-0.39, 0.29) is 18.9 Å². The number of carboxylic acid groups (broad SMARTS) is 1. The number of carbonyl (C=O) groups is 2. The number of hydrogen-bond donors (Lipinski definition) is 4. The van der Waals surface area contributed by atoms with Crippen LogP contribution < -0.4 is 10.6 Å². The minimum absolute atomic E-state index is 0.137. The first kappa shape index (κ1) is 8.79. The molecule has 0 aromatic carbocycles. The highest BCUT2D eigenvalue weighted by atomic mass is 16.4. The molecule has 0 bridgehead atoms. The maximum absolute atomic E-state index is 10.9. The number of aliphatic hydroxyl groups excluding tert-OH is 1. The minimum atomic E-state index is -1.26. The largest absolute Gasteiger partial charge is 0.465 e. The molecule has 6 heteroatoms. The summed E-state index contributed by atoms with van der Waals surface area (Å²) in [6.07, 6.45) is -1.79. The van der Waals surface area contributed by atoms with E-state index < -0.39 is 18.2 Å². The standard InChI is InChI=1S/C6H10N2O4/c9-3-1-4(8-6(11)12)5(10)7-2-3/h3-4,8-9H,1-2H2,(H,7,10)(H,11,12)/t3-,4-/m0/s1. The van der Waals surface area contributed by atoms with Gasteiger partial charge >= 0.3 is 6.09 Å². The van der Waals surface area contributed by atoms with Crippen molar-refractivity contribution in [2.75, 3.05) is 6.54 Å². The second-order valence-electron chi connectivity index (χ2n) is 2.64. The highest BCUT2D eigenvalue weighted by Gasteiger charge is 2.28. The number of hydrogen-bond acceptors (Lipinski definition) is 3. The maximum Gasteiger partial charge on any atom is 0.405 e. The van der Waals surface area contributed by atoms with Gasteiger partial charge in [0.05, 0.1) is 6.10 Å². The fraction of sp³-hybridized carbons (Fsp3) is 0.667. The van der Waals surface area contributed by atoms with Crippen molar-refractivity contribution in [1.29, 1.82) is 0 Å². The molecule has 1 aliphatic heterocycles. The Labute approximate surface area is 68.6 Å². The van der Waals surface area contributed by atoms with Gasteiger partial charge in [0.1, 0.15) is 6.04 Å². The van der Waals surface area contributed by atoms with Gasteiger partial charge in [-0.15, -0.1) is 0 Å². The average Bonchev–Trinajstić information content (AvgIpc) is 1.96. The fourth-order valence-electron chi connectivity index (χ4n) is 1.08. The van der Waals surface area contributed by atoms with Crippen LogP contribution in [0.3, 0.4) is 0 Å². The van der Waals surface area contributed by atoms with E-state index in [1.807, 2.05) is 5.32 Å². The molecule has 0 spiro atoms. The van der Waals surface area contributed by atoms with Crippen LogP contribution >= 0.6 is 0 Å². The Morgan fingerprint density at radius 2 is 2.33 bits per heavy atom. The number of amides is 2. The predicted molar refractivity (Wildman–Crippen MR) is 38.6 cm³/mol. The third-order valence-corrected chi connectivity index (χ3v) is 1.63. The molecule has 1 rings (SSSR count). The second kappa shape index (κ2) is 3.40. The van der Waals surface area contributed by atoms with Crippen LogP contribution in [-0.4, -0.2) is 40.9 Å². The molecule has 0 aliphatic carbocycles. The molecule has 4 N–H and O–H groups in total. The molecule has 0 aromatic rings. The summed E-state index contributed by atoms with van der Waals surface area (Å²) >= 11 is 0. The Balaban J connectivity index is 2.49. The summed E-state index contributed by atoms with van der Waals surface area (Å²) < 4.78 is 0. The minimum Gasteiger partial charge on any atom is -0.465 e. The molecule has 1 saturated heterocycles. The first-order valence-electron chi connectivity index (χ1n) is 3.55. The van der Waals surface area contributed by atoms with Crippen LogP contribution in [-0.2, 0) is 4.79 Å². The van der Waals surface area contributed by atoms with Crippen LogP contribution in [0.1, 0.15) is 6.42 Å². The Morgan fingerprint density at radius 3 is 2.92 bits per heavy atom. The number of nitrogens with one attached hydrogen (secondary N) is 2. The van der Waals surface area contributed by atoms with Gasteiger partial charge in [0.15, 0.2) is 0 Å². The first-order valence-corrected chi connectivity index (χ1v) is 3.55. The first-order chi connectivity index (χ1) is 5.59. The van der Waals surface area contributed by atoms with E-state index in [0.717, 1.165) is 0 Å². The normalized spacial score (nSPS) is 29.2. The molecular formula is C6H10N2O4. The molecule has 1 fully saturated rings. The Morgan fingerprint density at radius 1 is 1.67 bits per heavy atom. The number of carbonyl (C=O) groups excluding carboxylic acids is 1. The molecule has 0 aromatic heterocycles. The van der Waals surface area contributed by atoms with Crippen LogP contribution in [0.25, 0.3) is 0 Å². The van der Waals surface area contributed by atoms with Gasteiger partial charge in [-0.2, -0.15) is 0 Å². The maximum atomic E-state index is 10.9. The number of piperidine rings is 1. The second-order valence-corrected chi connectivity index (χ2v) is 2.64. The summed E-state index contributed by atoms with van der Waals surface area (Å²) in [5.74, 6) is -0.386. The highest BCUT2D eigenvalue weighted by Crippen LogP contribution is 2.03. The van der Waals surface area contributed by atoms with E-state index in [4.69, 9.17) is 10.2 Å². The van der Waals surface area contributed by atoms with Crippen molar-refractivity contribution in [2.45, 2.75) is 18.6 Å². The van der Waals surface area contributed by atoms with Crippen LogP contribution in [0.4, 0.5) is 4.79 Å². The van der Waals surface area contributed by atoms with E-state index >= 15 is 0 Å². The van der Waals surface area contributed by atoms with Gasteiger partial charge in [-0.3, -0.25) is 4.79 Å². The van der Waals surface area contributed by atoms with Gasteiger partial charge in [0, 0.05) is 13.0 Å². The molecule has 0 radical (unpaired) electrons. The van der Waals surface area contributed by atoms with Crippen molar-refractivity contribution in [3.63, 3.8) is 0 Å². The lowest BCUT2D eigenvalue weighted by Crippen LogP contribution is -2.54. The topological polar surface area (TPSA) is 98.7 Å². The van der Waals surface area contributed by atoms with Gasteiger partial charge in [0.2, 0.25) is 5.91 Å². The van der Waals surface area contributed by atoms with E-state index in [0.29, 0.717) is 0 Å². The van der Waals surface area contributed by atoms with Crippen molar-refractivity contribution < 1.29 is 19.8 Å². The van der Waals surface area contributed by atoms with Gasteiger partial charge in [-0.1, -0.05) is 0 Å². The van der Waals surface area contributed by atoms with Gasteiger partial charge in [0.25, 0.3) is 0 Å². The fourth-order valence-corrected chi connectivity index (χ4v) is 1.08. The van der Waals surface area contributed by atoms with Crippen LogP contribution in [0.2, 0.25) is 0 Å². The Bertz CT molecular complexity index is 206. The van der Waals surface area contributed by atoms with Crippen LogP contribution in [0, 0.1) is 0 Å². The van der Waals surface area contributed by atoms with Gasteiger partial charge in [-0.05, 0) is 0 Å². The van der Waals surface area contributed by atoms with Crippen LogP contribution in [0.15, 0.2) is 0 Å². The lowest BCUT2D eigenvalue weighted by Gasteiger charge is -2.25. The molecule has 2 amide bonds. The van der Waals surface area contributed by atoms with E-state index in [2.05, 4.69) is 5.32 Å². The number of β-amino-alcohol motifs (C(OH)–C–C–N with tert-alkyl or cyclic N) is 1. The molecule has 0 saturated carbocycles. The molecule has 0 unspecified atom stereocenters. The van der Waals surface area contributed by atoms with Crippen molar-refractivity contribution in [3.8, 4) is 0 Å². The van der Waals surface area contributed by atoms with Crippen molar-refractivity contribution in [1.82, 2.24) is 10.6 Å². The Hall–Kier alpha value is -1.30. The SMILES string of the molecule is O=C(O)N[C@H]1C[C@H](O)CNC1=O. The molecule has 1 heterocycles. The van der Waals surface area contributed by atoms with Crippen molar-refractivity contribution in [3.05, 3.63) is 0 Å². The monoisotopic (exact) mass is 174 g/mol. The third kappa shape index (κ3) is 2.09. The highest BCUT2D eigenvalue weighted by molar-refractivity contribution is 5.85. The quantitative estimate of drug-likeness (QED) is 0.389. The van der Waals surface area contributed by atoms with Gasteiger partial charge in [-0.25, -0.2) is 4.79 Å². The molecule has 6 nitrogen and oxygen atoms in total. The van der Waals surface area contributed by atoms with Gasteiger partial charge < -0.3 is 20.8 Å². The van der Waals surface area contributed by atoms with Crippen molar-refractivity contribution >= 4 is 12.0 Å². The lowest BCUT2D eigenvalue weighted by atomic mass is 10.0. The number of rotatable bonds is 1. The zero-order valence-electron chi connectivity index (χ0n) is 6.28. The zero-order chi connectivity index (χ0) is 9.14. The molecule has 2 atom stereocenters. The predicted octanol–water partition coefficient (Wildman–Crippen LogP) is -1.50. The summed E-state index contributed by atoms with van der Waals surface area (Å²) in [7, 11) is 0. The average molecular weight is 174 g/mol. The summed E-state index contributed by atoms with van der Waals surface area (Å²) in [6.45, 7) is 0.191. The summed E-state index contributed by atoms with van der Waals surface area (Å²) in [6, 6.07) is -0.828. The van der Waals surface area contributed by atoms with E-state index in [1.54, 1.807) is 0 Å². The number of aliphatic hydroxyl groups is 1. The zero-order valence-corrected chi connectivity index (χ0v) is 6.28. The molecular weight excluding hydrogens is 164 g/mol. The summed E-state index contributed by atoms with van der Waals surface area (Å²) in [4.78, 5) is 21.1. The lowest BCUT2D eigenvalue weighted by molar-refractivity contribution is -0.126. The van der Waals surface area contributed by atoms with E-state index in [1.165, 1.54) is 0 Å². The molecule has 1 aliphatic rings.